The molecule has 154 valence electrons. The van der Waals surface area contributed by atoms with Gasteiger partial charge in [0.05, 0.1) is 5.52 Å². The van der Waals surface area contributed by atoms with Crippen LogP contribution in [0.5, 0.6) is 0 Å². The summed E-state index contributed by atoms with van der Waals surface area (Å²) in [5, 5.41) is 6.69. The maximum Gasteiger partial charge on any atom is 0.0701 e. The molecule has 0 radical (unpaired) electrons. The Morgan fingerprint density at radius 3 is 2.32 bits per heavy atom. The minimum absolute atomic E-state index is 0.416. The van der Waals surface area contributed by atoms with E-state index in [4.69, 9.17) is 0 Å². The van der Waals surface area contributed by atoms with Gasteiger partial charge in [0.15, 0.2) is 0 Å². The number of hydrogen-bond acceptors (Lipinski definition) is 1. The number of benzene rings is 4. The molecule has 0 fully saturated rings. The average Bonchev–Trinajstić information content (AvgIpc) is 2.79. The van der Waals surface area contributed by atoms with Gasteiger partial charge in [-0.25, -0.2) is 0 Å². The third-order valence-electron chi connectivity index (χ3n) is 6.44. The van der Waals surface area contributed by atoms with Crippen LogP contribution in [-0.4, -0.2) is 4.98 Å². The van der Waals surface area contributed by atoms with Gasteiger partial charge in [-0.05, 0) is 75.5 Å². The van der Waals surface area contributed by atoms with E-state index in [2.05, 4.69) is 89.4 Å². The third-order valence-corrected chi connectivity index (χ3v) is 7.09. The summed E-state index contributed by atoms with van der Waals surface area (Å²) >= 11 is 3.77. The zero-order valence-electron chi connectivity index (χ0n) is 18.0. The quantitative estimate of drug-likeness (QED) is 0.208. The highest BCUT2D eigenvalue weighted by atomic mass is 79.9. The molecule has 0 spiro atoms. The first-order chi connectivity index (χ1) is 15.0. The SMILES string of the molecule is CC1(C)CCc2ccc3c(cc(Br)c4ccccc43)c2C1.c1ccc2ncccc2c1. The second-order valence-electron chi connectivity index (χ2n) is 9.24. The lowest BCUT2D eigenvalue weighted by Crippen LogP contribution is -2.22. The molecule has 1 aliphatic carbocycles. The van der Waals surface area contributed by atoms with Gasteiger partial charge in [0.2, 0.25) is 0 Å². The van der Waals surface area contributed by atoms with Crippen LogP contribution in [0.4, 0.5) is 0 Å². The van der Waals surface area contributed by atoms with E-state index in [9.17, 15) is 0 Å². The number of hydrogen-bond donors (Lipinski definition) is 0. The van der Waals surface area contributed by atoms with E-state index in [-0.39, 0.29) is 0 Å². The molecule has 0 atom stereocenters. The summed E-state index contributed by atoms with van der Waals surface area (Å²) < 4.78 is 1.21. The lowest BCUT2D eigenvalue weighted by molar-refractivity contribution is 0.317. The number of aromatic nitrogens is 1. The summed E-state index contributed by atoms with van der Waals surface area (Å²) in [7, 11) is 0. The van der Waals surface area contributed by atoms with Crippen molar-refractivity contribution >= 4 is 48.4 Å². The zero-order valence-corrected chi connectivity index (χ0v) is 19.6. The van der Waals surface area contributed by atoms with E-state index in [1.54, 1.807) is 11.1 Å². The minimum atomic E-state index is 0.416. The first kappa shape index (κ1) is 20.2. The molecule has 0 saturated heterocycles. The molecule has 0 bridgehead atoms. The van der Waals surface area contributed by atoms with Crippen molar-refractivity contribution in [1.82, 2.24) is 4.98 Å². The van der Waals surface area contributed by atoms with Gasteiger partial charge in [0.1, 0.15) is 0 Å². The number of fused-ring (bicyclic) bond motifs is 6. The van der Waals surface area contributed by atoms with Crippen molar-refractivity contribution in [3.63, 3.8) is 0 Å². The van der Waals surface area contributed by atoms with Crippen LogP contribution in [0, 0.1) is 5.41 Å². The van der Waals surface area contributed by atoms with Gasteiger partial charge in [0.25, 0.3) is 0 Å². The lowest BCUT2D eigenvalue weighted by atomic mass is 9.73. The van der Waals surface area contributed by atoms with Crippen LogP contribution in [0.15, 0.2) is 89.5 Å². The maximum atomic E-state index is 4.18. The summed E-state index contributed by atoms with van der Waals surface area (Å²) in [5.74, 6) is 0. The van der Waals surface area contributed by atoms with E-state index >= 15 is 0 Å². The Morgan fingerprint density at radius 2 is 1.48 bits per heavy atom. The van der Waals surface area contributed by atoms with Crippen molar-refractivity contribution in [3.8, 4) is 0 Å². The van der Waals surface area contributed by atoms with Crippen LogP contribution in [-0.2, 0) is 12.8 Å². The Bertz CT molecular complexity index is 1340. The molecule has 0 aliphatic heterocycles. The van der Waals surface area contributed by atoms with E-state index < -0.39 is 0 Å². The number of halogens is 1. The lowest BCUT2D eigenvalue weighted by Gasteiger charge is -2.32. The molecule has 0 N–H and O–H groups in total. The number of rotatable bonds is 0. The molecule has 0 unspecified atom stereocenters. The zero-order chi connectivity index (χ0) is 21.4. The van der Waals surface area contributed by atoms with Gasteiger partial charge in [-0.15, -0.1) is 0 Å². The second-order valence-corrected chi connectivity index (χ2v) is 10.1. The molecule has 0 saturated carbocycles. The van der Waals surface area contributed by atoms with E-state index in [0.29, 0.717) is 5.41 Å². The van der Waals surface area contributed by atoms with E-state index in [1.165, 1.54) is 50.7 Å². The summed E-state index contributed by atoms with van der Waals surface area (Å²) in [5.41, 5.74) is 4.59. The highest BCUT2D eigenvalue weighted by Gasteiger charge is 2.26. The Labute approximate surface area is 192 Å². The van der Waals surface area contributed by atoms with Crippen molar-refractivity contribution in [1.29, 1.82) is 0 Å². The molecule has 5 aromatic rings. The molecule has 1 heterocycles. The molecular weight excluding hydrogens is 442 g/mol. The summed E-state index contributed by atoms with van der Waals surface area (Å²) in [6.45, 7) is 4.79. The van der Waals surface area contributed by atoms with Gasteiger partial charge in [-0.1, -0.05) is 90.4 Å². The van der Waals surface area contributed by atoms with Crippen LogP contribution in [0.3, 0.4) is 0 Å². The average molecular weight is 468 g/mol. The number of aryl methyl sites for hydroxylation is 1. The van der Waals surface area contributed by atoms with Crippen molar-refractivity contribution < 1.29 is 0 Å². The number of nitrogens with zero attached hydrogens (tertiary/aromatic N) is 1. The largest absolute Gasteiger partial charge is 0.256 e. The highest BCUT2D eigenvalue weighted by Crippen LogP contribution is 2.41. The molecule has 1 aromatic heterocycles. The predicted molar refractivity (Wildman–Crippen MR) is 137 cm³/mol. The molecule has 31 heavy (non-hydrogen) atoms. The minimum Gasteiger partial charge on any atom is -0.256 e. The molecule has 4 aromatic carbocycles. The number of para-hydroxylation sites is 1. The standard InChI is InChI=1S/C20H19Br.C9H7N/c1-20(2)10-9-13-7-8-15-14-5-3-4-6-16(14)19(21)11-17(15)18(13)12-20;1-2-6-9-8(4-1)5-3-7-10-9/h3-8,11H,9-10,12H2,1-2H3;1-7H. The van der Waals surface area contributed by atoms with Crippen molar-refractivity contribution in [2.75, 3.05) is 0 Å². The Hall–Kier alpha value is -2.71. The first-order valence-electron chi connectivity index (χ1n) is 10.9. The van der Waals surface area contributed by atoms with Gasteiger partial charge in [0, 0.05) is 16.1 Å². The Kier molecular flexibility index (Phi) is 5.27. The van der Waals surface area contributed by atoms with Crippen molar-refractivity contribution in [2.45, 2.75) is 33.1 Å². The van der Waals surface area contributed by atoms with Crippen LogP contribution in [0.1, 0.15) is 31.4 Å². The van der Waals surface area contributed by atoms with Crippen LogP contribution in [0.25, 0.3) is 32.4 Å². The Balaban J connectivity index is 0.000000171. The van der Waals surface area contributed by atoms with Crippen LogP contribution >= 0.6 is 15.9 Å². The normalized spacial score (nSPS) is 14.8. The van der Waals surface area contributed by atoms with Gasteiger partial charge in [-0.3, -0.25) is 4.98 Å². The fraction of sp³-hybridized carbons (Fsp3) is 0.207. The van der Waals surface area contributed by atoms with Crippen molar-refractivity contribution in [2.24, 2.45) is 5.41 Å². The van der Waals surface area contributed by atoms with Gasteiger partial charge in [-0.2, -0.15) is 0 Å². The summed E-state index contributed by atoms with van der Waals surface area (Å²) in [4.78, 5) is 4.18. The van der Waals surface area contributed by atoms with Crippen LogP contribution in [0.2, 0.25) is 0 Å². The fourth-order valence-electron chi connectivity index (χ4n) is 4.74. The summed E-state index contributed by atoms with van der Waals surface area (Å²) in [6.07, 6.45) is 5.50. The van der Waals surface area contributed by atoms with Gasteiger partial charge >= 0.3 is 0 Å². The maximum absolute atomic E-state index is 4.18. The monoisotopic (exact) mass is 467 g/mol. The Morgan fingerprint density at radius 1 is 0.774 bits per heavy atom. The van der Waals surface area contributed by atoms with Gasteiger partial charge < -0.3 is 0 Å². The molecule has 0 amide bonds. The highest BCUT2D eigenvalue weighted by molar-refractivity contribution is 9.10. The van der Waals surface area contributed by atoms with E-state index in [1.807, 2.05) is 30.5 Å². The second kappa shape index (κ2) is 8.09. The van der Waals surface area contributed by atoms with E-state index in [0.717, 1.165) is 5.52 Å². The molecule has 2 heteroatoms. The topological polar surface area (TPSA) is 12.9 Å². The molecule has 1 nitrogen and oxygen atoms in total. The summed E-state index contributed by atoms with van der Waals surface area (Å²) in [6, 6.07) is 27.8. The molecule has 1 aliphatic rings. The first-order valence-corrected chi connectivity index (χ1v) is 11.7. The smallest absolute Gasteiger partial charge is 0.0701 e. The van der Waals surface area contributed by atoms with Crippen LogP contribution < -0.4 is 0 Å². The molecular formula is C29H26BrN. The number of pyridine rings is 1. The predicted octanol–water partition coefficient (Wildman–Crippen LogP) is 8.51. The van der Waals surface area contributed by atoms with Crippen molar-refractivity contribution in [3.05, 3.63) is 101 Å². The third kappa shape index (κ3) is 3.97. The fourth-order valence-corrected chi connectivity index (χ4v) is 5.31. The molecule has 6 rings (SSSR count).